The lowest BCUT2D eigenvalue weighted by molar-refractivity contribution is -0.129. The lowest BCUT2D eigenvalue weighted by Crippen LogP contribution is -2.40. The molecule has 5 nitrogen and oxygen atoms in total. The first-order valence-electron chi connectivity index (χ1n) is 5.39. The molecule has 1 heterocycles. The number of hydrogen-bond donors (Lipinski definition) is 1. The molecule has 1 saturated heterocycles. The molecule has 0 unspecified atom stereocenters. The van der Waals surface area contributed by atoms with E-state index in [9.17, 15) is 14.4 Å². The average Bonchev–Trinajstić information content (AvgIpc) is 2.30. The van der Waals surface area contributed by atoms with Gasteiger partial charge in [-0.2, -0.15) is 0 Å². The van der Waals surface area contributed by atoms with Crippen LogP contribution in [-0.2, 0) is 9.59 Å². The molecule has 1 aromatic carbocycles. The Hall–Kier alpha value is -1.88. The zero-order valence-corrected chi connectivity index (χ0v) is 10.1. The monoisotopic (exact) mass is 267 g/mol. The van der Waals surface area contributed by atoms with Crippen LogP contribution in [0.3, 0.4) is 0 Å². The van der Waals surface area contributed by atoms with Gasteiger partial charge in [-0.3, -0.25) is 9.59 Å². The molecule has 1 aliphatic heterocycles. The maximum absolute atomic E-state index is 11.7. The van der Waals surface area contributed by atoms with Crippen molar-refractivity contribution in [1.29, 1.82) is 0 Å². The third kappa shape index (κ3) is 2.22. The quantitative estimate of drug-likeness (QED) is 0.833. The van der Waals surface area contributed by atoms with Gasteiger partial charge in [0.1, 0.15) is 0 Å². The number of carboxylic acids is 1. The van der Waals surface area contributed by atoms with E-state index in [1.54, 1.807) is 0 Å². The van der Waals surface area contributed by atoms with Gasteiger partial charge in [-0.1, -0.05) is 11.6 Å². The van der Waals surface area contributed by atoms with Crippen LogP contribution in [0, 0.1) is 0 Å². The van der Waals surface area contributed by atoms with Crippen LogP contribution < -0.4 is 4.90 Å². The van der Waals surface area contributed by atoms with Gasteiger partial charge in [0.05, 0.1) is 16.3 Å². The lowest BCUT2D eigenvalue weighted by Gasteiger charge is -2.25. The molecule has 6 heteroatoms. The molecular formula is C12H10ClNO4. The number of carboxylic acid groups (broad SMARTS) is 1. The number of imide groups is 1. The number of carbonyl (C=O) groups is 3. The largest absolute Gasteiger partial charge is 0.478 e. The first-order chi connectivity index (χ1) is 8.50. The van der Waals surface area contributed by atoms with Crippen LogP contribution in [0.5, 0.6) is 0 Å². The number of amides is 2. The van der Waals surface area contributed by atoms with Crippen molar-refractivity contribution in [2.75, 3.05) is 4.90 Å². The first kappa shape index (κ1) is 12.6. The summed E-state index contributed by atoms with van der Waals surface area (Å²) in [5.41, 5.74) is 0.261. The molecule has 1 aliphatic rings. The second kappa shape index (κ2) is 4.78. The Labute approximate surface area is 108 Å². The number of rotatable bonds is 2. The van der Waals surface area contributed by atoms with Gasteiger partial charge in [-0.25, -0.2) is 9.69 Å². The van der Waals surface area contributed by atoms with E-state index in [2.05, 4.69) is 0 Å². The normalized spacial score (nSPS) is 15.9. The Morgan fingerprint density at radius 3 is 2.33 bits per heavy atom. The molecule has 94 valence electrons. The first-order valence-corrected chi connectivity index (χ1v) is 5.77. The smallest absolute Gasteiger partial charge is 0.335 e. The van der Waals surface area contributed by atoms with Crippen molar-refractivity contribution in [1.82, 2.24) is 0 Å². The van der Waals surface area contributed by atoms with E-state index in [-0.39, 0.29) is 28.1 Å². The van der Waals surface area contributed by atoms with Gasteiger partial charge in [0.15, 0.2) is 0 Å². The van der Waals surface area contributed by atoms with Gasteiger partial charge in [-0.05, 0) is 24.6 Å². The topological polar surface area (TPSA) is 74.7 Å². The average molecular weight is 268 g/mol. The van der Waals surface area contributed by atoms with Crippen LogP contribution in [0.4, 0.5) is 5.69 Å². The highest BCUT2D eigenvalue weighted by Crippen LogP contribution is 2.30. The van der Waals surface area contributed by atoms with Crippen LogP contribution in [0.15, 0.2) is 18.2 Å². The molecule has 18 heavy (non-hydrogen) atoms. The van der Waals surface area contributed by atoms with Crippen molar-refractivity contribution in [2.45, 2.75) is 19.3 Å². The summed E-state index contributed by atoms with van der Waals surface area (Å²) in [5, 5.41) is 8.89. The molecule has 1 N–H and O–H groups in total. The molecule has 2 amide bonds. The van der Waals surface area contributed by atoms with Crippen molar-refractivity contribution >= 4 is 35.1 Å². The van der Waals surface area contributed by atoms with Crippen LogP contribution in [-0.4, -0.2) is 22.9 Å². The summed E-state index contributed by atoms with van der Waals surface area (Å²) in [7, 11) is 0. The highest BCUT2D eigenvalue weighted by molar-refractivity contribution is 6.35. The highest BCUT2D eigenvalue weighted by atomic mass is 35.5. The number of halogens is 1. The molecule has 0 spiro atoms. The Bertz CT molecular complexity index is 525. The van der Waals surface area contributed by atoms with Gasteiger partial charge in [0.2, 0.25) is 11.8 Å². The lowest BCUT2D eigenvalue weighted by atomic mass is 10.1. The molecule has 0 atom stereocenters. The summed E-state index contributed by atoms with van der Waals surface area (Å²) in [6.07, 6.45) is 1.13. The third-order valence-electron chi connectivity index (χ3n) is 2.72. The van der Waals surface area contributed by atoms with Crippen LogP contribution in [0.25, 0.3) is 0 Å². The standard InChI is InChI=1S/C12H10ClNO4/c13-8-6-7(12(17)18)4-5-9(8)14-10(15)2-1-3-11(14)16/h4-6H,1-3H2,(H,17,18). The Balaban J connectivity index is 2.41. The molecule has 1 fully saturated rings. The number of aromatic carboxylic acids is 1. The molecule has 0 aromatic heterocycles. The fourth-order valence-corrected chi connectivity index (χ4v) is 2.11. The minimum atomic E-state index is -1.11. The Morgan fingerprint density at radius 1 is 1.22 bits per heavy atom. The summed E-state index contributed by atoms with van der Waals surface area (Å²) in [6, 6.07) is 3.93. The predicted molar refractivity (Wildman–Crippen MR) is 64.8 cm³/mol. The van der Waals surface area contributed by atoms with Gasteiger partial charge >= 0.3 is 5.97 Å². The van der Waals surface area contributed by atoms with Crippen LogP contribution in [0.1, 0.15) is 29.6 Å². The molecular weight excluding hydrogens is 258 g/mol. The van der Waals surface area contributed by atoms with Crippen molar-refractivity contribution in [3.8, 4) is 0 Å². The molecule has 0 radical (unpaired) electrons. The summed E-state index contributed by atoms with van der Waals surface area (Å²) >= 11 is 5.93. The molecule has 1 aromatic rings. The number of anilines is 1. The van der Waals surface area contributed by atoms with Gasteiger partial charge < -0.3 is 5.11 Å². The van der Waals surface area contributed by atoms with Crippen molar-refractivity contribution in [3.05, 3.63) is 28.8 Å². The second-order valence-electron chi connectivity index (χ2n) is 3.95. The summed E-state index contributed by atoms with van der Waals surface area (Å²) in [4.78, 5) is 35.2. The van der Waals surface area contributed by atoms with E-state index in [1.807, 2.05) is 0 Å². The van der Waals surface area contributed by atoms with Crippen molar-refractivity contribution in [3.63, 3.8) is 0 Å². The number of nitrogens with zero attached hydrogens (tertiary/aromatic N) is 1. The van der Waals surface area contributed by atoms with E-state index in [4.69, 9.17) is 16.7 Å². The summed E-state index contributed by atoms with van der Waals surface area (Å²) in [5.74, 6) is -1.73. The zero-order valence-electron chi connectivity index (χ0n) is 9.35. The van der Waals surface area contributed by atoms with E-state index in [1.165, 1.54) is 18.2 Å². The van der Waals surface area contributed by atoms with Crippen LogP contribution in [0.2, 0.25) is 5.02 Å². The fraction of sp³-hybridized carbons (Fsp3) is 0.250. The van der Waals surface area contributed by atoms with E-state index < -0.39 is 5.97 Å². The Morgan fingerprint density at radius 2 is 1.83 bits per heavy atom. The zero-order chi connectivity index (χ0) is 13.3. The molecule has 2 rings (SSSR count). The number of carbonyl (C=O) groups excluding carboxylic acids is 2. The van der Waals surface area contributed by atoms with E-state index in [0.29, 0.717) is 19.3 Å². The van der Waals surface area contributed by atoms with Gasteiger partial charge in [-0.15, -0.1) is 0 Å². The maximum Gasteiger partial charge on any atom is 0.335 e. The van der Waals surface area contributed by atoms with Gasteiger partial charge in [0, 0.05) is 12.8 Å². The SMILES string of the molecule is O=C(O)c1ccc(N2C(=O)CCCC2=O)c(Cl)c1. The molecule has 0 bridgehead atoms. The van der Waals surface area contributed by atoms with Crippen LogP contribution >= 0.6 is 11.6 Å². The summed E-state index contributed by atoms with van der Waals surface area (Å²) in [6.45, 7) is 0. The molecule has 0 aliphatic carbocycles. The molecule has 0 saturated carbocycles. The maximum atomic E-state index is 11.7. The fourth-order valence-electron chi connectivity index (χ4n) is 1.84. The number of hydrogen-bond acceptors (Lipinski definition) is 3. The minimum Gasteiger partial charge on any atom is -0.478 e. The summed E-state index contributed by atoms with van der Waals surface area (Å²) < 4.78 is 0. The highest BCUT2D eigenvalue weighted by Gasteiger charge is 2.29. The number of piperidine rings is 1. The third-order valence-corrected chi connectivity index (χ3v) is 3.02. The predicted octanol–water partition coefficient (Wildman–Crippen LogP) is 2.08. The Kier molecular flexibility index (Phi) is 3.34. The van der Waals surface area contributed by atoms with E-state index >= 15 is 0 Å². The van der Waals surface area contributed by atoms with Crippen molar-refractivity contribution < 1.29 is 19.5 Å². The number of benzene rings is 1. The van der Waals surface area contributed by atoms with E-state index in [0.717, 1.165) is 4.90 Å². The minimum absolute atomic E-state index is 0.0145. The second-order valence-corrected chi connectivity index (χ2v) is 4.35. The van der Waals surface area contributed by atoms with Gasteiger partial charge in [0.25, 0.3) is 0 Å². The van der Waals surface area contributed by atoms with Crippen molar-refractivity contribution in [2.24, 2.45) is 0 Å².